The third-order valence-corrected chi connectivity index (χ3v) is 5.22. The summed E-state index contributed by atoms with van der Waals surface area (Å²) in [6.45, 7) is 5.49. The van der Waals surface area contributed by atoms with Gasteiger partial charge in [0.05, 0.1) is 19.2 Å². The number of benzene rings is 1. The van der Waals surface area contributed by atoms with Crippen LogP contribution in [-0.4, -0.2) is 45.3 Å². The van der Waals surface area contributed by atoms with E-state index >= 15 is 0 Å². The first-order valence-corrected chi connectivity index (χ1v) is 7.88. The lowest BCUT2D eigenvalue weighted by atomic mass is 9.86. The molecule has 1 atom stereocenters. The summed E-state index contributed by atoms with van der Waals surface area (Å²) < 4.78 is 10.7. The van der Waals surface area contributed by atoms with Crippen molar-refractivity contribution in [2.45, 2.75) is 19.4 Å². The number of rotatable bonds is 4. The summed E-state index contributed by atoms with van der Waals surface area (Å²) in [5, 5.41) is 4.16. The van der Waals surface area contributed by atoms with Crippen LogP contribution in [0.1, 0.15) is 18.4 Å². The van der Waals surface area contributed by atoms with Gasteiger partial charge in [-0.15, -0.1) is 12.4 Å². The van der Waals surface area contributed by atoms with Crippen LogP contribution >= 0.6 is 24.0 Å². The van der Waals surface area contributed by atoms with Crippen LogP contribution in [0.4, 0.5) is 0 Å². The first kappa shape index (κ1) is 17.7. The second-order valence-corrected chi connectivity index (χ2v) is 6.54. The number of halogens is 2. The van der Waals surface area contributed by atoms with E-state index in [9.17, 15) is 0 Å². The summed E-state index contributed by atoms with van der Waals surface area (Å²) >= 11 is 6.48. The van der Waals surface area contributed by atoms with Crippen molar-refractivity contribution in [3.63, 3.8) is 0 Å². The molecule has 3 rings (SSSR count). The van der Waals surface area contributed by atoms with Crippen molar-refractivity contribution >= 4 is 24.0 Å². The minimum atomic E-state index is 0. The van der Waals surface area contributed by atoms with Gasteiger partial charge in [-0.2, -0.15) is 0 Å². The van der Waals surface area contributed by atoms with Gasteiger partial charge in [0.2, 0.25) is 0 Å². The molecule has 2 aliphatic rings. The van der Waals surface area contributed by atoms with Gasteiger partial charge >= 0.3 is 0 Å². The predicted octanol–water partition coefficient (Wildman–Crippen LogP) is 2.96. The van der Waals surface area contributed by atoms with Gasteiger partial charge in [0.1, 0.15) is 0 Å². The van der Waals surface area contributed by atoms with Gasteiger partial charge in [-0.25, -0.2) is 0 Å². The Balaban J connectivity index is 0.00000176. The Morgan fingerprint density at radius 2 is 2.09 bits per heavy atom. The molecule has 124 valence electrons. The minimum absolute atomic E-state index is 0. The highest BCUT2D eigenvalue weighted by atomic mass is 35.5. The minimum Gasteiger partial charge on any atom is -0.493 e. The zero-order chi connectivity index (χ0) is 14.9. The van der Waals surface area contributed by atoms with E-state index in [-0.39, 0.29) is 12.4 Å². The Hall–Kier alpha value is -0.680. The van der Waals surface area contributed by atoms with Crippen LogP contribution in [0.15, 0.2) is 12.1 Å². The summed E-state index contributed by atoms with van der Waals surface area (Å²) in [7, 11) is 3.26. The Kier molecular flexibility index (Phi) is 5.83. The summed E-state index contributed by atoms with van der Waals surface area (Å²) in [5.41, 5.74) is 1.60. The van der Waals surface area contributed by atoms with E-state index in [0.717, 1.165) is 38.3 Å². The lowest BCUT2D eigenvalue weighted by molar-refractivity contribution is 0.268. The maximum absolute atomic E-state index is 6.48. The smallest absolute Gasteiger partial charge is 0.179 e. The van der Waals surface area contributed by atoms with E-state index in [2.05, 4.69) is 10.2 Å². The second-order valence-electron chi connectivity index (χ2n) is 6.16. The molecule has 0 bridgehead atoms. The van der Waals surface area contributed by atoms with E-state index in [0.29, 0.717) is 21.9 Å². The average Bonchev–Trinajstić information content (AvgIpc) is 3.11. The number of hydrogen-bond acceptors (Lipinski definition) is 4. The van der Waals surface area contributed by atoms with Gasteiger partial charge in [-0.05, 0) is 43.0 Å². The molecule has 2 saturated heterocycles. The third-order valence-electron chi connectivity index (χ3n) is 4.81. The SMILES string of the molecule is COc1ccc(CN2CCC3(CCNC3)C2)c(Cl)c1OC.Cl. The van der Waals surface area contributed by atoms with Gasteiger partial charge in [0, 0.05) is 19.6 Å². The Bertz CT molecular complexity index is 519. The van der Waals surface area contributed by atoms with Crippen LogP contribution in [0.5, 0.6) is 11.5 Å². The molecule has 0 aromatic heterocycles. The highest BCUT2D eigenvalue weighted by Gasteiger charge is 2.40. The van der Waals surface area contributed by atoms with E-state index in [4.69, 9.17) is 21.1 Å². The van der Waals surface area contributed by atoms with Gasteiger partial charge < -0.3 is 14.8 Å². The topological polar surface area (TPSA) is 33.7 Å². The normalized spacial score (nSPS) is 24.5. The predicted molar refractivity (Wildman–Crippen MR) is 91.6 cm³/mol. The monoisotopic (exact) mass is 346 g/mol. The molecule has 0 radical (unpaired) electrons. The van der Waals surface area contributed by atoms with Crippen LogP contribution in [0, 0.1) is 5.41 Å². The average molecular weight is 347 g/mol. The number of nitrogens with zero attached hydrogens (tertiary/aromatic N) is 1. The molecule has 6 heteroatoms. The molecule has 2 aliphatic heterocycles. The summed E-state index contributed by atoms with van der Waals surface area (Å²) in [4.78, 5) is 2.50. The fourth-order valence-electron chi connectivity index (χ4n) is 3.60. The molecule has 1 aromatic carbocycles. The van der Waals surface area contributed by atoms with Crippen molar-refractivity contribution in [1.82, 2.24) is 10.2 Å². The van der Waals surface area contributed by atoms with E-state index in [1.165, 1.54) is 12.8 Å². The number of hydrogen-bond donors (Lipinski definition) is 1. The van der Waals surface area contributed by atoms with E-state index < -0.39 is 0 Å². The Morgan fingerprint density at radius 1 is 1.27 bits per heavy atom. The standard InChI is InChI=1S/C16H23ClN2O2.ClH/c1-20-13-4-3-12(14(17)15(13)21-2)9-19-8-6-16(11-19)5-7-18-10-16;/h3-4,18H,5-11H2,1-2H3;1H. The van der Waals surface area contributed by atoms with Crippen molar-refractivity contribution in [2.75, 3.05) is 40.4 Å². The van der Waals surface area contributed by atoms with Crippen molar-refractivity contribution in [3.05, 3.63) is 22.7 Å². The first-order valence-electron chi connectivity index (χ1n) is 7.50. The maximum Gasteiger partial charge on any atom is 0.179 e. The van der Waals surface area contributed by atoms with Gasteiger partial charge in [-0.3, -0.25) is 4.90 Å². The molecular weight excluding hydrogens is 323 g/mol. The summed E-state index contributed by atoms with van der Waals surface area (Å²) in [5.74, 6) is 1.32. The molecular formula is C16H24Cl2N2O2. The van der Waals surface area contributed by atoms with Crippen LogP contribution < -0.4 is 14.8 Å². The molecule has 0 amide bonds. The Labute approximate surface area is 143 Å². The fourth-order valence-corrected chi connectivity index (χ4v) is 3.89. The quantitative estimate of drug-likeness (QED) is 0.908. The number of ether oxygens (including phenoxy) is 2. The molecule has 2 heterocycles. The van der Waals surface area contributed by atoms with E-state index in [1.54, 1.807) is 14.2 Å². The van der Waals surface area contributed by atoms with Crippen molar-refractivity contribution in [1.29, 1.82) is 0 Å². The molecule has 22 heavy (non-hydrogen) atoms. The largest absolute Gasteiger partial charge is 0.493 e. The van der Waals surface area contributed by atoms with E-state index in [1.807, 2.05) is 12.1 Å². The molecule has 1 N–H and O–H groups in total. The van der Waals surface area contributed by atoms with Crippen molar-refractivity contribution < 1.29 is 9.47 Å². The molecule has 1 aromatic rings. The maximum atomic E-state index is 6.48. The fraction of sp³-hybridized carbons (Fsp3) is 0.625. The molecule has 1 spiro atoms. The molecule has 0 saturated carbocycles. The molecule has 1 unspecified atom stereocenters. The van der Waals surface area contributed by atoms with Crippen molar-refractivity contribution in [2.24, 2.45) is 5.41 Å². The zero-order valence-corrected chi connectivity index (χ0v) is 14.7. The van der Waals surface area contributed by atoms with Gasteiger partial charge in [-0.1, -0.05) is 17.7 Å². The second kappa shape index (κ2) is 7.26. The van der Waals surface area contributed by atoms with Crippen LogP contribution in [-0.2, 0) is 6.54 Å². The van der Waals surface area contributed by atoms with Gasteiger partial charge in [0.15, 0.2) is 11.5 Å². The van der Waals surface area contributed by atoms with Crippen LogP contribution in [0.2, 0.25) is 5.02 Å². The molecule has 4 nitrogen and oxygen atoms in total. The third kappa shape index (κ3) is 3.30. The Morgan fingerprint density at radius 3 is 2.73 bits per heavy atom. The lowest BCUT2D eigenvalue weighted by Crippen LogP contribution is -2.29. The van der Waals surface area contributed by atoms with Crippen LogP contribution in [0.3, 0.4) is 0 Å². The first-order chi connectivity index (χ1) is 10.2. The summed E-state index contributed by atoms with van der Waals surface area (Å²) in [6, 6.07) is 3.98. The number of methoxy groups -OCH3 is 2. The van der Waals surface area contributed by atoms with Crippen molar-refractivity contribution in [3.8, 4) is 11.5 Å². The highest BCUT2D eigenvalue weighted by molar-refractivity contribution is 6.33. The van der Waals surface area contributed by atoms with Gasteiger partial charge in [0.25, 0.3) is 0 Å². The van der Waals surface area contributed by atoms with Crippen LogP contribution in [0.25, 0.3) is 0 Å². The number of likely N-dealkylation sites (tertiary alicyclic amines) is 1. The summed E-state index contributed by atoms with van der Waals surface area (Å²) in [6.07, 6.45) is 2.58. The molecule has 0 aliphatic carbocycles. The number of nitrogens with one attached hydrogen (secondary N) is 1. The zero-order valence-electron chi connectivity index (χ0n) is 13.2. The lowest BCUT2D eigenvalue weighted by Gasteiger charge is -2.23. The molecule has 2 fully saturated rings. The highest BCUT2D eigenvalue weighted by Crippen LogP contribution is 2.40.